The molecule has 1 aliphatic rings. The van der Waals surface area contributed by atoms with Gasteiger partial charge in [-0.15, -0.1) is 0 Å². The summed E-state index contributed by atoms with van der Waals surface area (Å²) in [7, 11) is 0. The molecule has 0 amide bonds. The van der Waals surface area contributed by atoms with Gasteiger partial charge < -0.3 is 9.30 Å². The molecule has 0 bridgehead atoms. The van der Waals surface area contributed by atoms with Crippen LogP contribution in [0.4, 0.5) is 8.78 Å². The molecular formula is C16H16F2N2O2. The van der Waals surface area contributed by atoms with Crippen molar-refractivity contribution in [3.8, 4) is 0 Å². The Morgan fingerprint density at radius 2 is 2.14 bits per heavy atom. The van der Waals surface area contributed by atoms with Gasteiger partial charge in [-0.1, -0.05) is 12.1 Å². The number of esters is 1. The molecule has 0 spiro atoms. The molecule has 0 N–H and O–H groups in total. The van der Waals surface area contributed by atoms with Crippen LogP contribution in [0.15, 0.2) is 36.4 Å². The van der Waals surface area contributed by atoms with Gasteiger partial charge in [0, 0.05) is 12.3 Å². The standard InChI is InChI=1S/C16H16F2N2O2/c17-14(18)6-3-9-22-15(21)10-20-13-5-2-1-4-12(13)19-16(20)11-7-8-11/h1-2,4-6,11H,3,7-10H2. The minimum atomic E-state index is -1.76. The van der Waals surface area contributed by atoms with Crippen molar-refractivity contribution in [2.45, 2.75) is 31.7 Å². The first-order chi connectivity index (χ1) is 10.6. The molecule has 0 radical (unpaired) electrons. The molecule has 1 saturated carbocycles. The van der Waals surface area contributed by atoms with Gasteiger partial charge in [0.2, 0.25) is 0 Å². The fraction of sp³-hybridized carbons (Fsp3) is 0.375. The van der Waals surface area contributed by atoms with E-state index >= 15 is 0 Å². The third kappa shape index (κ3) is 3.32. The number of para-hydroxylation sites is 2. The van der Waals surface area contributed by atoms with E-state index in [4.69, 9.17) is 4.74 Å². The van der Waals surface area contributed by atoms with E-state index in [2.05, 4.69) is 4.98 Å². The van der Waals surface area contributed by atoms with Crippen LogP contribution in [0.1, 0.15) is 31.0 Å². The minimum Gasteiger partial charge on any atom is -0.464 e. The number of imidazole rings is 1. The quantitative estimate of drug-likeness (QED) is 0.604. The SMILES string of the molecule is O=C(Cn1c(C2CC2)nc2ccccc21)OCCC=C(F)F. The summed E-state index contributed by atoms with van der Waals surface area (Å²) in [6.45, 7) is 0.0235. The van der Waals surface area contributed by atoms with Crippen LogP contribution >= 0.6 is 0 Å². The summed E-state index contributed by atoms with van der Waals surface area (Å²) in [6.07, 6.45) is 1.18. The van der Waals surface area contributed by atoms with Gasteiger partial charge >= 0.3 is 5.97 Å². The van der Waals surface area contributed by atoms with Crippen LogP contribution in [0.3, 0.4) is 0 Å². The molecule has 1 aromatic carbocycles. The Hall–Kier alpha value is -2.24. The highest BCUT2D eigenvalue weighted by Gasteiger charge is 2.30. The van der Waals surface area contributed by atoms with E-state index in [-0.39, 0.29) is 19.6 Å². The lowest BCUT2D eigenvalue weighted by Gasteiger charge is -2.08. The molecule has 0 unspecified atom stereocenters. The zero-order chi connectivity index (χ0) is 15.5. The highest BCUT2D eigenvalue weighted by Crippen LogP contribution is 2.40. The lowest BCUT2D eigenvalue weighted by Crippen LogP contribution is -2.15. The number of carbonyl (C=O) groups is 1. The zero-order valence-electron chi connectivity index (χ0n) is 12.0. The van der Waals surface area contributed by atoms with Crippen molar-refractivity contribution in [2.75, 3.05) is 6.61 Å². The first-order valence-electron chi connectivity index (χ1n) is 7.27. The summed E-state index contributed by atoms with van der Waals surface area (Å²) in [5.74, 6) is 0.884. The molecule has 0 atom stereocenters. The second kappa shape index (κ2) is 6.25. The third-order valence-electron chi connectivity index (χ3n) is 3.59. The Kier molecular flexibility index (Phi) is 4.18. The third-order valence-corrected chi connectivity index (χ3v) is 3.59. The van der Waals surface area contributed by atoms with Crippen LogP contribution in [0, 0.1) is 0 Å². The summed E-state index contributed by atoms with van der Waals surface area (Å²) in [6, 6.07) is 7.64. The Balaban J connectivity index is 1.71. The zero-order valence-corrected chi connectivity index (χ0v) is 12.0. The van der Waals surface area contributed by atoms with Gasteiger partial charge in [-0.3, -0.25) is 4.79 Å². The van der Waals surface area contributed by atoms with Crippen LogP contribution in [0.5, 0.6) is 0 Å². The van der Waals surface area contributed by atoms with Crippen LogP contribution in [-0.4, -0.2) is 22.1 Å². The fourth-order valence-corrected chi connectivity index (χ4v) is 2.43. The Morgan fingerprint density at radius 3 is 2.86 bits per heavy atom. The molecule has 3 rings (SSSR count). The number of aromatic nitrogens is 2. The van der Waals surface area contributed by atoms with Crippen molar-refractivity contribution >= 4 is 17.0 Å². The maximum absolute atomic E-state index is 11.9. The monoisotopic (exact) mass is 306 g/mol. The van der Waals surface area contributed by atoms with E-state index in [1.54, 1.807) is 0 Å². The lowest BCUT2D eigenvalue weighted by atomic mass is 10.3. The van der Waals surface area contributed by atoms with Gasteiger partial charge in [-0.25, -0.2) is 4.98 Å². The number of carbonyl (C=O) groups excluding carboxylic acids is 1. The Labute approximate surface area is 126 Å². The molecule has 1 heterocycles. The van der Waals surface area contributed by atoms with Crippen molar-refractivity contribution in [1.29, 1.82) is 0 Å². The van der Waals surface area contributed by atoms with E-state index in [9.17, 15) is 13.6 Å². The van der Waals surface area contributed by atoms with E-state index in [0.29, 0.717) is 5.92 Å². The van der Waals surface area contributed by atoms with Crippen molar-refractivity contribution in [3.63, 3.8) is 0 Å². The highest BCUT2D eigenvalue weighted by molar-refractivity contribution is 5.79. The van der Waals surface area contributed by atoms with Gasteiger partial charge in [-0.2, -0.15) is 8.78 Å². The Morgan fingerprint density at radius 1 is 1.36 bits per heavy atom. The van der Waals surface area contributed by atoms with E-state index in [1.807, 2.05) is 28.8 Å². The van der Waals surface area contributed by atoms with E-state index in [1.165, 1.54) is 0 Å². The predicted molar refractivity (Wildman–Crippen MR) is 77.6 cm³/mol. The van der Waals surface area contributed by atoms with Crippen LogP contribution in [0.25, 0.3) is 11.0 Å². The van der Waals surface area contributed by atoms with Crippen LogP contribution in [-0.2, 0) is 16.1 Å². The summed E-state index contributed by atoms with van der Waals surface area (Å²) < 4.78 is 30.7. The maximum Gasteiger partial charge on any atom is 0.326 e. The van der Waals surface area contributed by atoms with Crippen molar-refractivity contribution < 1.29 is 18.3 Å². The number of rotatable bonds is 6. The normalized spacial score (nSPS) is 14.1. The van der Waals surface area contributed by atoms with Gasteiger partial charge in [0.25, 0.3) is 6.08 Å². The molecule has 1 aliphatic carbocycles. The predicted octanol–water partition coefficient (Wildman–Crippen LogP) is 3.63. The van der Waals surface area contributed by atoms with E-state index in [0.717, 1.165) is 35.8 Å². The lowest BCUT2D eigenvalue weighted by molar-refractivity contribution is -0.144. The number of benzene rings is 1. The summed E-state index contributed by atoms with van der Waals surface area (Å²) in [5.41, 5.74) is 1.76. The summed E-state index contributed by atoms with van der Waals surface area (Å²) in [4.78, 5) is 16.5. The van der Waals surface area contributed by atoms with Gasteiger partial charge in [0.15, 0.2) is 0 Å². The van der Waals surface area contributed by atoms with Crippen LogP contribution in [0.2, 0.25) is 0 Å². The Bertz CT molecular complexity index is 716. The molecule has 22 heavy (non-hydrogen) atoms. The van der Waals surface area contributed by atoms with E-state index < -0.39 is 12.0 Å². The average molecular weight is 306 g/mol. The fourth-order valence-electron chi connectivity index (χ4n) is 2.43. The molecular weight excluding hydrogens is 290 g/mol. The molecule has 1 fully saturated rings. The number of nitrogens with zero attached hydrogens (tertiary/aromatic N) is 2. The summed E-state index contributed by atoms with van der Waals surface area (Å²) >= 11 is 0. The smallest absolute Gasteiger partial charge is 0.326 e. The molecule has 1 aromatic heterocycles. The second-order valence-corrected chi connectivity index (χ2v) is 5.32. The number of halogens is 2. The van der Waals surface area contributed by atoms with Gasteiger partial charge in [0.1, 0.15) is 12.4 Å². The van der Waals surface area contributed by atoms with Crippen LogP contribution < -0.4 is 0 Å². The largest absolute Gasteiger partial charge is 0.464 e. The molecule has 0 aliphatic heterocycles. The van der Waals surface area contributed by atoms with Crippen molar-refractivity contribution in [1.82, 2.24) is 9.55 Å². The highest BCUT2D eigenvalue weighted by atomic mass is 19.3. The minimum absolute atomic E-state index is 0.0221. The number of hydrogen-bond donors (Lipinski definition) is 0. The number of hydrogen-bond acceptors (Lipinski definition) is 3. The molecule has 2 aromatic rings. The number of ether oxygens (including phenoxy) is 1. The topological polar surface area (TPSA) is 44.1 Å². The number of fused-ring (bicyclic) bond motifs is 1. The molecule has 4 nitrogen and oxygen atoms in total. The van der Waals surface area contributed by atoms with Crippen molar-refractivity contribution in [3.05, 3.63) is 42.2 Å². The average Bonchev–Trinajstić information content (AvgIpc) is 3.27. The summed E-state index contributed by atoms with van der Waals surface area (Å²) in [5, 5.41) is 0. The molecule has 116 valence electrons. The first kappa shape index (κ1) is 14.7. The molecule has 6 heteroatoms. The maximum atomic E-state index is 11.9. The first-order valence-corrected chi connectivity index (χ1v) is 7.27. The van der Waals surface area contributed by atoms with Gasteiger partial charge in [-0.05, 0) is 31.1 Å². The molecule has 0 saturated heterocycles. The van der Waals surface area contributed by atoms with Gasteiger partial charge in [0.05, 0.1) is 17.6 Å². The van der Waals surface area contributed by atoms with Crippen molar-refractivity contribution in [2.24, 2.45) is 0 Å². The second-order valence-electron chi connectivity index (χ2n) is 5.32.